The summed E-state index contributed by atoms with van der Waals surface area (Å²) < 4.78 is 0. The van der Waals surface area contributed by atoms with E-state index in [1.165, 1.54) is 17.9 Å². The van der Waals surface area contributed by atoms with E-state index in [2.05, 4.69) is 19.2 Å². The van der Waals surface area contributed by atoms with E-state index in [-0.39, 0.29) is 0 Å². The average Bonchev–Trinajstić information content (AvgIpc) is 2.28. The molecule has 1 aromatic rings. The fraction of sp³-hybridized carbons (Fsp3) is 0.538. The van der Waals surface area contributed by atoms with Crippen LogP contribution in [-0.4, -0.2) is 17.5 Å². The van der Waals surface area contributed by atoms with Gasteiger partial charge in [-0.25, -0.2) is 0 Å². The number of hydrogen-bond acceptors (Lipinski definition) is 2. The smallest absolute Gasteiger partial charge is 0.0465 e. The highest BCUT2D eigenvalue weighted by Crippen LogP contribution is 2.20. The van der Waals surface area contributed by atoms with Crippen molar-refractivity contribution in [3.63, 3.8) is 0 Å². The molecule has 1 N–H and O–H groups in total. The van der Waals surface area contributed by atoms with Crippen LogP contribution in [0.4, 0.5) is 0 Å². The fourth-order valence-electron chi connectivity index (χ4n) is 1.46. The maximum atomic E-state index is 6.11. The van der Waals surface area contributed by atoms with Gasteiger partial charge in [-0.1, -0.05) is 36.2 Å². The maximum Gasteiger partial charge on any atom is 0.0465 e. The minimum Gasteiger partial charge on any atom is -0.310 e. The largest absolute Gasteiger partial charge is 0.310 e. The second-order valence-corrected chi connectivity index (χ2v) is 6.24. The van der Waals surface area contributed by atoms with E-state index < -0.39 is 0 Å². The van der Waals surface area contributed by atoms with Crippen LogP contribution < -0.4 is 5.32 Å². The molecule has 0 heterocycles. The Balaban J connectivity index is 2.34. The molecule has 1 rings (SSSR count). The van der Waals surface area contributed by atoms with Crippen LogP contribution in [0.5, 0.6) is 0 Å². The van der Waals surface area contributed by atoms with Crippen molar-refractivity contribution >= 4 is 35.0 Å². The van der Waals surface area contributed by atoms with Gasteiger partial charge >= 0.3 is 0 Å². The molecule has 96 valence electrons. The molecular formula is C13H19Cl2NS. The van der Waals surface area contributed by atoms with Crippen molar-refractivity contribution < 1.29 is 0 Å². The summed E-state index contributed by atoms with van der Waals surface area (Å²) >= 11 is 13.9. The molecule has 17 heavy (non-hydrogen) atoms. The van der Waals surface area contributed by atoms with Crippen LogP contribution in [0.15, 0.2) is 18.2 Å². The van der Waals surface area contributed by atoms with Crippen LogP contribution >= 0.6 is 35.0 Å². The van der Waals surface area contributed by atoms with Crippen molar-refractivity contribution in [1.29, 1.82) is 0 Å². The molecule has 0 fully saturated rings. The second-order valence-electron chi connectivity index (χ2n) is 4.00. The normalized spacial score (nSPS) is 12.7. The molecule has 0 spiro atoms. The lowest BCUT2D eigenvalue weighted by molar-refractivity contribution is 0.537. The summed E-state index contributed by atoms with van der Waals surface area (Å²) in [5.74, 6) is 2.40. The summed E-state index contributed by atoms with van der Waals surface area (Å²) in [4.78, 5) is 0. The highest BCUT2D eigenvalue weighted by Gasteiger charge is 2.04. The maximum absolute atomic E-state index is 6.11. The average molecular weight is 292 g/mol. The van der Waals surface area contributed by atoms with E-state index in [1.807, 2.05) is 23.9 Å². The highest BCUT2D eigenvalue weighted by atomic mass is 35.5. The number of hydrogen-bond donors (Lipinski definition) is 1. The van der Waals surface area contributed by atoms with Crippen molar-refractivity contribution in [2.24, 2.45) is 0 Å². The summed E-state index contributed by atoms with van der Waals surface area (Å²) in [6.45, 7) is 5.20. The highest BCUT2D eigenvalue weighted by molar-refractivity contribution is 7.99. The lowest BCUT2D eigenvalue weighted by Gasteiger charge is -2.14. The van der Waals surface area contributed by atoms with E-state index in [1.54, 1.807) is 6.07 Å². The number of nitrogens with one attached hydrogen (secondary N) is 1. The molecule has 1 aromatic carbocycles. The fourth-order valence-corrected chi connectivity index (χ4v) is 2.74. The zero-order valence-corrected chi connectivity index (χ0v) is 12.6. The van der Waals surface area contributed by atoms with E-state index in [9.17, 15) is 0 Å². The first-order valence-electron chi connectivity index (χ1n) is 5.88. The molecule has 0 aliphatic rings. The standard InChI is InChI=1S/C13H19Cl2NS/c1-3-17-7-6-10(2)16-9-11-4-5-12(14)8-13(11)15/h4-5,8,10,16H,3,6-7,9H2,1-2H3. The van der Waals surface area contributed by atoms with Crippen LogP contribution in [0.1, 0.15) is 25.8 Å². The van der Waals surface area contributed by atoms with Crippen molar-refractivity contribution in [3.8, 4) is 0 Å². The minimum atomic E-state index is 0.515. The Morgan fingerprint density at radius 3 is 2.76 bits per heavy atom. The first-order valence-corrected chi connectivity index (χ1v) is 7.79. The van der Waals surface area contributed by atoms with E-state index in [4.69, 9.17) is 23.2 Å². The SMILES string of the molecule is CCSCCC(C)NCc1ccc(Cl)cc1Cl. The van der Waals surface area contributed by atoms with E-state index in [0.29, 0.717) is 11.1 Å². The van der Waals surface area contributed by atoms with Crippen molar-refractivity contribution in [2.45, 2.75) is 32.9 Å². The first-order chi connectivity index (χ1) is 8.13. The zero-order valence-electron chi connectivity index (χ0n) is 10.3. The quantitative estimate of drug-likeness (QED) is 0.736. The number of benzene rings is 1. The number of thioether (sulfide) groups is 1. The Bertz CT molecular complexity index is 344. The number of rotatable bonds is 7. The monoisotopic (exact) mass is 291 g/mol. The van der Waals surface area contributed by atoms with Crippen LogP contribution in [0.2, 0.25) is 10.0 Å². The van der Waals surface area contributed by atoms with Gasteiger partial charge in [0.05, 0.1) is 0 Å². The van der Waals surface area contributed by atoms with Crippen LogP contribution in [0, 0.1) is 0 Å². The molecule has 0 aliphatic carbocycles. The van der Waals surface area contributed by atoms with Gasteiger partial charge in [-0.2, -0.15) is 11.8 Å². The van der Waals surface area contributed by atoms with Crippen molar-refractivity contribution in [2.75, 3.05) is 11.5 Å². The number of halogens is 2. The third kappa shape index (κ3) is 6.01. The first kappa shape index (κ1) is 15.2. The summed E-state index contributed by atoms with van der Waals surface area (Å²) in [6.07, 6.45) is 1.18. The van der Waals surface area contributed by atoms with Crippen LogP contribution in [0.3, 0.4) is 0 Å². The molecule has 0 bridgehead atoms. The van der Waals surface area contributed by atoms with Gasteiger partial charge in [0.15, 0.2) is 0 Å². The predicted molar refractivity (Wildman–Crippen MR) is 80.4 cm³/mol. The molecule has 0 aromatic heterocycles. The Hall–Kier alpha value is 0.110. The topological polar surface area (TPSA) is 12.0 Å². The lowest BCUT2D eigenvalue weighted by atomic mass is 10.2. The van der Waals surface area contributed by atoms with Gasteiger partial charge < -0.3 is 5.32 Å². The van der Waals surface area contributed by atoms with Gasteiger partial charge in [0.25, 0.3) is 0 Å². The van der Waals surface area contributed by atoms with Crippen LogP contribution in [-0.2, 0) is 6.54 Å². The van der Waals surface area contributed by atoms with Crippen molar-refractivity contribution in [3.05, 3.63) is 33.8 Å². The second kappa shape index (κ2) is 8.25. The van der Waals surface area contributed by atoms with Gasteiger partial charge in [-0.15, -0.1) is 0 Å². The summed E-state index contributed by atoms with van der Waals surface area (Å²) in [7, 11) is 0. The molecule has 1 nitrogen and oxygen atoms in total. The van der Waals surface area contributed by atoms with E-state index >= 15 is 0 Å². The molecule has 4 heteroatoms. The molecular weight excluding hydrogens is 273 g/mol. The molecule has 1 atom stereocenters. The summed E-state index contributed by atoms with van der Waals surface area (Å²) in [6, 6.07) is 6.16. The van der Waals surface area contributed by atoms with Gasteiger partial charge in [0.2, 0.25) is 0 Å². The molecule has 1 unspecified atom stereocenters. The summed E-state index contributed by atoms with van der Waals surface area (Å²) in [5.41, 5.74) is 1.10. The Kier molecular flexibility index (Phi) is 7.36. The Morgan fingerprint density at radius 1 is 1.35 bits per heavy atom. The Labute approximate surface area is 118 Å². The van der Waals surface area contributed by atoms with Gasteiger partial charge in [-0.3, -0.25) is 0 Å². The molecule has 0 saturated heterocycles. The zero-order chi connectivity index (χ0) is 12.7. The third-order valence-electron chi connectivity index (χ3n) is 2.56. The molecule has 0 aliphatic heterocycles. The van der Waals surface area contributed by atoms with Gasteiger partial charge in [0, 0.05) is 22.6 Å². The van der Waals surface area contributed by atoms with Gasteiger partial charge in [0.1, 0.15) is 0 Å². The molecule has 0 amide bonds. The van der Waals surface area contributed by atoms with Crippen molar-refractivity contribution in [1.82, 2.24) is 5.32 Å². The van der Waals surface area contributed by atoms with E-state index in [0.717, 1.165) is 17.1 Å². The minimum absolute atomic E-state index is 0.515. The molecule has 0 saturated carbocycles. The third-order valence-corrected chi connectivity index (χ3v) is 4.07. The molecule has 0 radical (unpaired) electrons. The predicted octanol–water partition coefficient (Wildman–Crippen LogP) is 4.61. The summed E-state index contributed by atoms with van der Waals surface area (Å²) in [5, 5.41) is 4.90. The Morgan fingerprint density at radius 2 is 2.12 bits per heavy atom. The lowest BCUT2D eigenvalue weighted by Crippen LogP contribution is -2.26. The van der Waals surface area contributed by atoms with Gasteiger partial charge in [-0.05, 0) is 42.5 Å². The van der Waals surface area contributed by atoms with Crippen LogP contribution in [0.25, 0.3) is 0 Å².